The summed E-state index contributed by atoms with van der Waals surface area (Å²) in [5, 5.41) is 0. The third-order valence-electron chi connectivity index (χ3n) is 1.69. The van der Waals surface area contributed by atoms with Gasteiger partial charge in [0.25, 0.3) is 0 Å². The lowest BCUT2D eigenvalue weighted by molar-refractivity contribution is 0.354. The van der Waals surface area contributed by atoms with Crippen molar-refractivity contribution < 1.29 is 28.3 Å². The van der Waals surface area contributed by atoms with Gasteiger partial charge in [-0.3, -0.25) is 4.57 Å². The van der Waals surface area contributed by atoms with E-state index in [1.165, 1.54) is 24.0 Å². The lowest BCUT2D eigenvalue weighted by Gasteiger charge is -2.14. The normalized spacial score (nSPS) is 15.3. The smallest absolute Gasteiger partial charge is 0.389 e. The Morgan fingerprint density at radius 1 is 1.53 bits per heavy atom. The largest absolute Gasteiger partial charge is 0.405 e. The first-order valence-corrected chi connectivity index (χ1v) is 7.90. The van der Waals surface area contributed by atoms with Crippen LogP contribution in [0.4, 0.5) is 0 Å². The summed E-state index contributed by atoms with van der Waals surface area (Å²) in [4.78, 5) is 30.4. The van der Waals surface area contributed by atoms with Crippen LogP contribution in [0.15, 0.2) is 12.9 Å². The van der Waals surface area contributed by atoms with Crippen LogP contribution in [-0.2, 0) is 16.2 Å². The Hall–Kier alpha value is -0.910. The molecule has 0 aliphatic carbocycles. The molecule has 0 saturated carbocycles. The monoisotopic (exact) mass is 282 g/mol. The molecule has 1 rings (SSSR count). The van der Waals surface area contributed by atoms with Gasteiger partial charge in [-0.2, -0.15) is 0 Å². The van der Waals surface area contributed by atoms with Crippen LogP contribution in [0.1, 0.15) is 5.69 Å². The van der Waals surface area contributed by atoms with Gasteiger partial charge in [0.15, 0.2) is 5.90 Å². The molecule has 0 amide bonds. The van der Waals surface area contributed by atoms with Gasteiger partial charge in [0.1, 0.15) is 5.69 Å². The van der Waals surface area contributed by atoms with Gasteiger partial charge in [-0.05, 0) is 6.08 Å². The fourth-order valence-corrected chi connectivity index (χ4v) is 3.67. The van der Waals surface area contributed by atoms with E-state index in [1.807, 2.05) is 0 Å². The summed E-state index contributed by atoms with van der Waals surface area (Å²) in [6.07, 6.45) is 2.62. The number of nitrogens with zero attached hydrogens (tertiary/aromatic N) is 2. The molecule has 0 aliphatic heterocycles. The minimum absolute atomic E-state index is 0.0701. The lowest BCUT2D eigenvalue weighted by atomic mass is 10.4. The van der Waals surface area contributed by atoms with Crippen LogP contribution in [0.25, 0.3) is 6.08 Å². The maximum atomic E-state index is 11.5. The summed E-state index contributed by atoms with van der Waals surface area (Å²) < 4.78 is 28.2. The topological polar surface area (TPSA) is 122 Å². The van der Waals surface area contributed by atoms with Gasteiger partial charge >= 0.3 is 15.2 Å². The number of hydrogen-bond donors (Lipinski definition) is 3. The summed E-state index contributed by atoms with van der Waals surface area (Å²) in [6, 6.07) is 0. The zero-order valence-corrected chi connectivity index (χ0v) is 10.7. The molecule has 0 aliphatic rings. The molecule has 96 valence electrons. The van der Waals surface area contributed by atoms with Gasteiger partial charge in [-0.25, -0.2) is 9.55 Å². The maximum absolute atomic E-state index is 11.5. The molecule has 0 fully saturated rings. The van der Waals surface area contributed by atoms with E-state index in [0.717, 1.165) is 0 Å². The molecular weight excluding hydrogens is 270 g/mol. The maximum Gasteiger partial charge on any atom is 0.389 e. The number of aromatic nitrogens is 2. The Morgan fingerprint density at radius 3 is 2.59 bits per heavy atom. The molecular formula is C7H12N2O6P2. The van der Waals surface area contributed by atoms with Crippen molar-refractivity contribution in [2.24, 2.45) is 7.05 Å². The van der Waals surface area contributed by atoms with Crippen LogP contribution in [-0.4, -0.2) is 30.1 Å². The standard InChI is InChI=1S/C7H12N2O6P2/c1-3-6-7(9(2)4-8-6)15-17(13,14)5-16(10,11)12/h3-4H,1,5H2,2H3,(H,13,14)(H2,10,11,12). The van der Waals surface area contributed by atoms with Crippen molar-refractivity contribution in [2.45, 2.75) is 0 Å². The van der Waals surface area contributed by atoms with Gasteiger partial charge in [0, 0.05) is 7.05 Å². The summed E-state index contributed by atoms with van der Waals surface area (Å²) in [5.41, 5.74) is 0.215. The highest BCUT2D eigenvalue weighted by Crippen LogP contribution is 2.55. The average molecular weight is 282 g/mol. The van der Waals surface area contributed by atoms with Crippen LogP contribution in [0.5, 0.6) is 5.88 Å². The Morgan fingerprint density at radius 2 is 2.12 bits per heavy atom. The first kappa shape index (κ1) is 14.2. The van der Waals surface area contributed by atoms with Gasteiger partial charge < -0.3 is 23.8 Å². The fourth-order valence-electron chi connectivity index (χ4n) is 1.09. The quantitative estimate of drug-likeness (QED) is 0.681. The van der Waals surface area contributed by atoms with Crippen LogP contribution >= 0.6 is 15.2 Å². The molecule has 1 aromatic rings. The van der Waals surface area contributed by atoms with Crippen molar-refractivity contribution in [1.82, 2.24) is 9.55 Å². The Labute approximate surface area is 97.3 Å². The summed E-state index contributed by atoms with van der Waals surface area (Å²) in [6.45, 7) is 3.43. The molecule has 3 N–H and O–H groups in total. The molecule has 1 heterocycles. The molecule has 1 atom stereocenters. The van der Waals surface area contributed by atoms with Crippen molar-refractivity contribution in [2.75, 3.05) is 5.90 Å². The first-order chi connectivity index (χ1) is 7.64. The zero-order valence-electron chi connectivity index (χ0n) is 8.92. The predicted octanol–water partition coefficient (Wildman–Crippen LogP) is 0.762. The molecule has 0 saturated heterocycles. The lowest BCUT2D eigenvalue weighted by Crippen LogP contribution is -2.02. The molecule has 8 nitrogen and oxygen atoms in total. The van der Waals surface area contributed by atoms with E-state index >= 15 is 0 Å². The SMILES string of the molecule is C=Cc1ncn(C)c1OP(=O)(O)CP(=O)(O)O. The molecule has 1 unspecified atom stereocenters. The third kappa shape index (κ3) is 4.11. The zero-order chi connectivity index (χ0) is 13.3. The number of rotatable bonds is 5. The fraction of sp³-hybridized carbons (Fsp3) is 0.286. The highest BCUT2D eigenvalue weighted by atomic mass is 31.2. The molecule has 17 heavy (non-hydrogen) atoms. The van der Waals surface area contributed by atoms with Crippen molar-refractivity contribution in [3.8, 4) is 5.88 Å². The van der Waals surface area contributed by atoms with Crippen molar-refractivity contribution in [1.29, 1.82) is 0 Å². The van der Waals surface area contributed by atoms with Crippen molar-refractivity contribution >= 4 is 21.3 Å². The van der Waals surface area contributed by atoms with E-state index < -0.39 is 21.1 Å². The van der Waals surface area contributed by atoms with E-state index in [2.05, 4.69) is 11.6 Å². The van der Waals surface area contributed by atoms with Crippen LogP contribution < -0.4 is 4.52 Å². The average Bonchev–Trinajstić information content (AvgIpc) is 2.43. The van der Waals surface area contributed by atoms with Crippen molar-refractivity contribution in [3.63, 3.8) is 0 Å². The summed E-state index contributed by atoms with van der Waals surface area (Å²) in [5.74, 6) is -1.32. The molecule has 0 spiro atoms. The molecule has 0 aromatic carbocycles. The Kier molecular flexibility index (Phi) is 3.96. The second kappa shape index (κ2) is 4.76. The van der Waals surface area contributed by atoms with E-state index in [0.29, 0.717) is 0 Å². The summed E-state index contributed by atoms with van der Waals surface area (Å²) >= 11 is 0. The minimum atomic E-state index is -4.64. The Balaban J connectivity index is 2.97. The van der Waals surface area contributed by atoms with Gasteiger partial charge in [0.05, 0.1) is 6.33 Å². The molecule has 0 bridgehead atoms. The van der Waals surface area contributed by atoms with Crippen LogP contribution in [0.2, 0.25) is 0 Å². The minimum Gasteiger partial charge on any atom is -0.405 e. The van der Waals surface area contributed by atoms with Gasteiger partial charge in [0.2, 0.25) is 5.88 Å². The third-order valence-corrected chi connectivity index (χ3v) is 5.06. The van der Waals surface area contributed by atoms with Crippen molar-refractivity contribution in [3.05, 3.63) is 18.6 Å². The highest BCUT2D eigenvalue weighted by molar-refractivity contribution is 7.70. The van der Waals surface area contributed by atoms with Crippen LogP contribution in [0.3, 0.4) is 0 Å². The number of aryl methyl sites for hydroxylation is 1. The van der Waals surface area contributed by atoms with Crippen LogP contribution in [0, 0.1) is 0 Å². The van der Waals surface area contributed by atoms with Gasteiger partial charge in [-0.1, -0.05) is 6.58 Å². The number of hydrogen-bond acceptors (Lipinski definition) is 4. The predicted molar refractivity (Wildman–Crippen MR) is 60.7 cm³/mol. The first-order valence-electron chi connectivity index (χ1n) is 4.34. The second-order valence-corrected chi connectivity index (χ2v) is 7.20. The van der Waals surface area contributed by atoms with E-state index in [1.54, 1.807) is 0 Å². The van der Waals surface area contributed by atoms with E-state index in [4.69, 9.17) is 14.3 Å². The van der Waals surface area contributed by atoms with E-state index in [-0.39, 0.29) is 11.6 Å². The Bertz CT molecular complexity index is 518. The second-order valence-electron chi connectivity index (χ2n) is 3.28. The molecule has 1 aromatic heterocycles. The highest BCUT2D eigenvalue weighted by Gasteiger charge is 2.33. The molecule has 0 radical (unpaired) electrons. The van der Waals surface area contributed by atoms with E-state index in [9.17, 15) is 14.0 Å². The van der Waals surface area contributed by atoms with Gasteiger partial charge in [-0.15, -0.1) is 0 Å². The summed E-state index contributed by atoms with van der Waals surface area (Å²) in [7, 11) is -7.57. The molecule has 10 heteroatoms. The number of imidazole rings is 1.